The molecule has 5 nitrogen and oxygen atoms in total. The van der Waals surface area contributed by atoms with Crippen LogP contribution in [0.3, 0.4) is 0 Å². The smallest absolute Gasteiger partial charge is 0.289 e. The summed E-state index contributed by atoms with van der Waals surface area (Å²) in [6.07, 6.45) is 0.700. The average Bonchev–Trinajstić information content (AvgIpc) is 3.24. The standard InChI is InChI=1S/C27H32N2O3/c1-18-13-19(2)25(20(3)14-18)16-24-9-10-26(32-24)27(30)28-11-12-29(21(4)17-28)22-7-6-8-23(15-22)31-5/h6-10,13-15,21H,11-12,16-17H2,1-5H3. The first-order valence-corrected chi connectivity index (χ1v) is 11.2. The fourth-order valence-corrected chi connectivity index (χ4v) is 4.72. The molecule has 1 atom stereocenters. The van der Waals surface area contributed by atoms with Crippen molar-refractivity contribution in [3.05, 3.63) is 82.3 Å². The van der Waals surface area contributed by atoms with Gasteiger partial charge in [0.25, 0.3) is 5.91 Å². The number of methoxy groups -OCH3 is 1. The predicted octanol–water partition coefficient (Wildman–Crippen LogP) is 5.16. The van der Waals surface area contributed by atoms with Gasteiger partial charge in [-0.25, -0.2) is 0 Å². The Morgan fingerprint density at radius 1 is 1.06 bits per heavy atom. The number of piperazine rings is 1. The number of benzene rings is 2. The molecule has 2 heterocycles. The molecule has 1 unspecified atom stereocenters. The van der Waals surface area contributed by atoms with Crippen LogP contribution in [-0.2, 0) is 6.42 Å². The van der Waals surface area contributed by atoms with E-state index in [2.05, 4.69) is 50.8 Å². The zero-order chi connectivity index (χ0) is 22.8. The number of nitrogens with zero attached hydrogens (tertiary/aromatic N) is 2. The molecule has 1 aliphatic heterocycles. The Balaban J connectivity index is 1.43. The molecule has 0 bridgehead atoms. The van der Waals surface area contributed by atoms with E-state index in [-0.39, 0.29) is 11.9 Å². The van der Waals surface area contributed by atoms with Crippen molar-refractivity contribution in [2.75, 3.05) is 31.6 Å². The number of carbonyl (C=O) groups excluding carboxylic acids is 1. The second-order valence-corrected chi connectivity index (χ2v) is 8.82. The summed E-state index contributed by atoms with van der Waals surface area (Å²) in [5.41, 5.74) is 6.17. The molecule has 0 aliphatic carbocycles. The lowest BCUT2D eigenvalue weighted by Crippen LogP contribution is -2.53. The van der Waals surface area contributed by atoms with Crippen LogP contribution in [0.1, 0.15) is 45.5 Å². The quantitative estimate of drug-likeness (QED) is 0.559. The summed E-state index contributed by atoms with van der Waals surface area (Å²) < 4.78 is 11.4. The van der Waals surface area contributed by atoms with Gasteiger partial charge in [-0.3, -0.25) is 4.79 Å². The van der Waals surface area contributed by atoms with E-state index >= 15 is 0 Å². The Labute approximate surface area is 190 Å². The van der Waals surface area contributed by atoms with Gasteiger partial charge < -0.3 is 19.0 Å². The minimum Gasteiger partial charge on any atom is -0.497 e. The highest BCUT2D eigenvalue weighted by molar-refractivity contribution is 5.91. The van der Waals surface area contributed by atoms with Crippen molar-refractivity contribution in [2.45, 2.75) is 40.2 Å². The molecule has 3 aromatic rings. The number of rotatable bonds is 5. The number of furan rings is 1. The first kappa shape index (κ1) is 22.0. The molecular weight excluding hydrogens is 400 g/mol. The van der Waals surface area contributed by atoms with Crippen LogP contribution >= 0.6 is 0 Å². The lowest BCUT2D eigenvalue weighted by atomic mass is 9.97. The Hall–Kier alpha value is -3.21. The van der Waals surface area contributed by atoms with E-state index in [9.17, 15) is 4.79 Å². The van der Waals surface area contributed by atoms with Gasteiger partial charge in [-0.1, -0.05) is 23.8 Å². The van der Waals surface area contributed by atoms with Crippen LogP contribution in [0, 0.1) is 20.8 Å². The second kappa shape index (κ2) is 9.11. The fraction of sp³-hybridized carbons (Fsp3) is 0.370. The van der Waals surface area contributed by atoms with E-state index in [1.807, 2.05) is 35.2 Å². The summed E-state index contributed by atoms with van der Waals surface area (Å²) in [4.78, 5) is 17.3. The predicted molar refractivity (Wildman–Crippen MR) is 128 cm³/mol. The normalized spacial score (nSPS) is 16.3. The van der Waals surface area contributed by atoms with Gasteiger partial charge in [-0.15, -0.1) is 0 Å². The van der Waals surface area contributed by atoms with Gasteiger partial charge in [0.1, 0.15) is 11.5 Å². The highest BCUT2D eigenvalue weighted by Crippen LogP contribution is 2.26. The zero-order valence-corrected chi connectivity index (χ0v) is 19.6. The molecule has 0 radical (unpaired) electrons. The summed E-state index contributed by atoms with van der Waals surface area (Å²) in [6, 6.07) is 16.4. The average molecular weight is 433 g/mol. The van der Waals surface area contributed by atoms with Crippen molar-refractivity contribution in [1.29, 1.82) is 0 Å². The molecular formula is C27H32N2O3. The summed E-state index contributed by atoms with van der Waals surface area (Å²) in [5.74, 6) is 2.05. The monoisotopic (exact) mass is 432 g/mol. The third-order valence-corrected chi connectivity index (χ3v) is 6.36. The van der Waals surface area contributed by atoms with Gasteiger partial charge >= 0.3 is 0 Å². The van der Waals surface area contributed by atoms with E-state index in [1.165, 1.54) is 22.3 Å². The summed E-state index contributed by atoms with van der Waals surface area (Å²) in [7, 11) is 1.68. The van der Waals surface area contributed by atoms with E-state index in [0.29, 0.717) is 25.3 Å². The third kappa shape index (κ3) is 4.52. The molecule has 1 aliphatic rings. The molecule has 168 valence electrons. The highest BCUT2D eigenvalue weighted by atomic mass is 16.5. The third-order valence-electron chi connectivity index (χ3n) is 6.36. The molecule has 0 spiro atoms. The number of hydrogen-bond donors (Lipinski definition) is 0. The van der Waals surface area contributed by atoms with Crippen molar-refractivity contribution < 1.29 is 13.9 Å². The molecule has 1 fully saturated rings. The number of aryl methyl sites for hydroxylation is 3. The largest absolute Gasteiger partial charge is 0.497 e. The summed E-state index contributed by atoms with van der Waals surface area (Å²) >= 11 is 0. The van der Waals surface area contributed by atoms with Gasteiger partial charge in [0, 0.05) is 43.9 Å². The highest BCUT2D eigenvalue weighted by Gasteiger charge is 2.29. The van der Waals surface area contributed by atoms with Crippen LogP contribution in [0.4, 0.5) is 5.69 Å². The summed E-state index contributed by atoms with van der Waals surface area (Å²) in [5, 5.41) is 0. The number of hydrogen-bond acceptors (Lipinski definition) is 4. The number of ether oxygens (including phenoxy) is 1. The second-order valence-electron chi connectivity index (χ2n) is 8.82. The van der Waals surface area contributed by atoms with Crippen LogP contribution < -0.4 is 9.64 Å². The van der Waals surface area contributed by atoms with Crippen molar-refractivity contribution in [3.8, 4) is 5.75 Å². The maximum atomic E-state index is 13.1. The zero-order valence-electron chi connectivity index (χ0n) is 19.6. The van der Waals surface area contributed by atoms with E-state index in [4.69, 9.17) is 9.15 Å². The molecule has 1 amide bonds. The van der Waals surface area contributed by atoms with Crippen LogP contribution in [-0.4, -0.2) is 43.6 Å². The first-order chi connectivity index (χ1) is 15.4. The van der Waals surface area contributed by atoms with Crippen molar-refractivity contribution >= 4 is 11.6 Å². The summed E-state index contributed by atoms with van der Waals surface area (Å²) in [6.45, 7) is 10.6. The number of amides is 1. The van der Waals surface area contributed by atoms with Crippen LogP contribution in [0.5, 0.6) is 5.75 Å². The Morgan fingerprint density at radius 2 is 1.81 bits per heavy atom. The topological polar surface area (TPSA) is 45.9 Å². The number of anilines is 1. The van der Waals surface area contributed by atoms with Gasteiger partial charge in [0.05, 0.1) is 7.11 Å². The maximum absolute atomic E-state index is 13.1. The van der Waals surface area contributed by atoms with Crippen LogP contribution in [0.25, 0.3) is 0 Å². The maximum Gasteiger partial charge on any atom is 0.289 e. The molecule has 32 heavy (non-hydrogen) atoms. The molecule has 0 saturated carbocycles. The minimum atomic E-state index is -0.0363. The van der Waals surface area contributed by atoms with Gasteiger partial charge in [-0.2, -0.15) is 0 Å². The Morgan fingerprint density at radius 3 is 2.50 bits per heavy atom. The molecule has 1 aromatic heterocycles. The van der Waals surface area contributed by atoms with Gasteiger partial charge in [-0.05, 0) is 68.7 Å². The van der Waals surface area contributed by atoms with E-state index < -0.39 is 0 Å². The molecule has 1 saturated heterocycles. The minimum absolute atomic E-state index is 0.0363. The SMILES string of the molecule is COc1cccc(N2CCN(C(=O)c3ccc(Cc4c(C)cc(C)cc4C)o3)CC2C)c1. The first-order valence-electron chi connectivity index (χ1n) is 11.2. The Bertz CT molecular complexity index is 1090. The van der Waals surface area contributed by atoms with E-state index in [1.54, 1.807) is 7.11 Å². The van der Waals surface area contributed by atoms with Gasteiger partial charge in [0.15, 0.2) is 5.76 Å². The van der Waals surface area contributed by atoms with Gasteiger partial charge in [0.2, 0.25) is 0 Å². The van der Waals surface area contributed by atoms with Crippen molar-refractivity contribution in [2.24, 2.45) is 0 Å². The fourth-order valence-electron chi connectivity index (χ4n) is 4.72. The molecule has 4 rings (SSSR count). The number of carbonyl (C=O) groups is 1. The van der Waals surface area contributed by atoms with Crippen molar-refractivity contribution in [1.82, 2.24) is 4.90 Å². The van der Waals surface area contributed by atoms with Crippen molar-refractivity contribution in [3.63, 3.8) is 0 Å². The molecule has 5 heteroatoms. The van der Waals surface area contributed by atoms with Crippen LogP contribution in [0.15, 0.2) is 52.9 Å². The lowest BCUT2D eigenvalue weighted by molar-refractivity contribution is 0.0692. The molecule has 0 N–H and O–H groups in total. The van der Waals surface area contributed by atoms with E-state index in [0.717, 1.165) is 23.7 Å². The molecule has 2 aromatic carbocycles. The lowest BCUT2D eigenvalue weighted by Gasteiger charge is -2.41. The Kier molecular flexibility index (Phi) is 6.26. The van der Waals surface area contributed by atoms with Crippen LogP contribution in [0.2, 0.25) is 0 Å².